The summed E-state index contributed by atoms with van der Waals surface area (Å²) >= 11 is 0. The topological polar surface area (TPSA) is 27.7 Å². The first-order valence-corrected chi connectivity index (χ1v) is 9.49. The Labute approximate surface area is 136 Å². The molecule has 2 saturated heterocycles. The van der Waals surface area contributed by atoms with Crippen LogP contribution in [0.15, 0.2) is 0 Å². The predicted octanol–water partition coefficient (Wildman–Crippen LogP) is 2.09. The van der Waals surface area contributed by atoms with E-state index in [1.165, 1.54) is 58.0 Å². The van der Waals surface area contributed by atoms with Crippen molar-refractivity contribution in [1.29, 1.82) is 0 Å². The number of likely N-dealkylation sites (tertiary alicyclic amines) is 1. The molecule has 2 aliphatic heterocycles. The molecule has 2 heterocycles. The lowest BCUT2D eigenvalue weighted by atomic mass is 9.86. The second-order valence-corrected chi connectivity index (χ2v) is 7.65. The van der Waals surface area contributed by atoms with E-state index in [1.807, 2.05) is 0 Å². The van der Waals surface area contributed by atoms with Crippen molar-refractivity contribution in [3.8, 4) is 0 Å². The van der Waals surface area contributed by atoms with Gasteiger partial charge in [0.05, 0.1) is 13.2 Å². The third-order valence-corrected chi connectivity index (χ3v) is 6.52. The smallest absolute Gasteiger partial charge is 0.0594 e. The highest BCUT2D eigenvalue weighted by Crippen LogP contribution is 2.38. The summed E-state index contributed by atoms with van der Waals surface area (Å²) in [5, 5.41) is 3.90. The summed E-state index contributed by atoms with van der Waals surface area (Å²) < 4.78 is 5.58. The van der Waals surface area contributed by atoms with Gasteiger partial charge in [-0.1, -0.05) is 12.8 Å². The standard InChI is InChI=1S/C18H35N3O/c1-16(19-10-7-17-6-5-11-20(17)2)18(8-3-4-9-18)21-12-14-22-15-13-21/h16-17,19H,3-15H2,1-2H3/t16-,17+/m0/s1. The largest absolute Gasteiger partial charge is 0.379 e. The van der Waals surface area contributed by atoms with Gasteiger partial charge in [0.2, 0.25) is 0 Å². The van der Waals surface area contributed by atoms with Crippen LogP contribution in [0.3, 0.4) is 0 Å². The molecule has 0 unspecified atom stereocenters. The Kier molecular flexibility index (Phi) is 5.77. The molecule has 1 saturated carbocycles. The Morgan fingerprint density at radius 1 is 1.14 bits per heavy atom. The van der Waals surface area contributed by atoms with Crippen LogP contribution >= 0.6 is 0 Å². The minimum atomic E-state index is 0.394. The lowest BCUT2D eigenvalue weighted by molar-refractivity contribution is -0.0333. The summed E-state index contributed by atoms with van der Waals surface area (Å²) in [5.41, 5.74) is 0.394. The van der Waals surface area contributed by atoms with E-state index in [4.69, 9.17) is 4.74 Å². The van der Waals surface area contributed by atoms with Crippen molar-refractivity contribution >= 4 is 0 Å². The van der Waals surface area contributed by atoms with Crippen LogP contribution < -0.4 is 5.32 Å². The number of rotatable bonds is 6. The first kappa shape index (κ1) is 16.7. The van der Waals surface area contributed by atoms with E-state index < -0.39 is 0 Å². The predicted molar refractivity (Wildman–Crippen MR) is 91.3 cm³/mol. The van der Waals surface area contributed by atoms with Crippen LogP contribution in [0.4, 0.5) is 0 Å². The van der Waals surface area contributed by atoms with Gasteiger partial charge in [-0.05, 0) is 59.2 Å². The molecule has 2 atom stereocenters. The Balaban J connectivity index is 1.52. The van der Waals surface area contributed by atoms with Crippen LogP contribution in [0.2, 0.25) is 0 Å². The highest BCUT2D eigenvalue weighted by molar-refractivity contribution is 5.02. The number of morpholine rings is 1. The van der Waals surface area contributed by atoms with Gasteiger partial charge in [0.1, 0.15) is 0 Å². The van der Waals surface area contributed by atoms with Crippen molar-refractivity contribution in [1.82, 2.24) is 15.1 Å². The number of hydrogen-bond donors (Lipinski definition) is 1. The Bertz CT molecular complexity index is 337. The Morgan fingerprint density at radius 2 is 1.86 bits per heavy atom. The average Bonchev–Trinajstić information content (AvgIpc) is 3.19. The summed E-state index contributed by atoms with van der Waals surface area (Å²) in [6, 6.07) is 1.41. The van der Waals surface area contributed by atoms with Crippen LogP contribution in [0.1, 0.15) is 51.9 Å². The van der Waals surface area contributed by atoms with Crippen LogP contribution in [0.5, 0.6) is 0 Å². The van der Waals surface area contributed by atoms with Crippen molar-refractivity contribution in [3.63, 3.8) is 0 Å². The van der Waals surface area contributed by atoms with Gasteiger partial charge in [0.15, 0.2) is 0 Å². The molecule has 128 valence electrons. The van der Waals surface area contributed by atoms with Gasteiger partial charge >= 0.3 is 0 Å². The molecule has 0 bridgehead atoms. The maximum atomic E-state index is 5.58. The molecule has 3 aliphatic rings. The van der Waals surface area contributed by atoms with Gasteiger partial charge in [-0.3, -0.25) is 4.90 Å². The van der Waals surface area contributed by atoms with Gasteiger partial charge in [-0.2, -0.15) is 0 Å². The van der Waals surface area contributed by atoms with Gasteiger partial charge in [-0.15, -0.1) is 0 Å². The van der Waals surface area contributed by atoms with Crippen LogP contribution in [0.25, 0.3) is 0 Å². The zero-order valence-corrected chi connectivity index (χ0v) is 14.6. The van der Waals surface area contributed by atoms with Gasteiger partial charge < -0.3 is 15.0 Å². The summed E-state index contributed by atoms with van der Waals surface area (Å²) in [7, 11) is 2.29. The molecule has 0 amide bonds. The molecule has 1 aliphatic carbocycles. The monoisotopic (exact) mass is 309 g/mol. The zero-order valence-electron chi connectivity index (χ0n) is 14.6. The van der Waals surface area contributed by atoms with Gasteiger partial charge in [-0.25, -0.2) is 0 Å². The second kappa shape index (κ2) is 7.61. The number of nitrogens with zero attached hydrogens (tertiary/aromatic N) is 2. The van der Waals surface area contributed by atoms with Crippen molar-refractivity contribution in [3.05, 3.63) is 0 Å². The maximum absolute atomic E-state index is 5.58. The molecule has 4 nitrogen and oxygen atoms in total. The number of nitrogens with one attached hydrogen (secondary N) is 1. The Hall–Kier alpha value is -0.160. The number of ether oxygens (including phenoxy) is 1. The van der Waals surface area contributed by atoms with Crippen molar-refractivity contribution in [2.24, 2.45) is 0 Å². The second-order valence-electron chi connectivity index (χ2n) is 7.65. The fourth-order valence-corrected chi connectivity index (χ4v) is 5.02. The molecular weight excluding hydrogens is 274 g/mol. The van der Waals surface area contributed by atoms with Crippen LogP contribution in [-0.2, 0) is 4.74 Å². The highest BCUT2D eigenvalue weighted by Gasteiger charge is 2.44. The highest BCUT2D eigenvalue weighted by atomic mass is 16.5. The molecule has 22 heavy (non-hydrogen) atoms. The van der Waals surface area contributed by atoms with Crippen molar-refractivity contribution in [2.45, 2.75) is 69.5 Å². The summed E-state index contributed by atoms with van der Waals surface area (Å²) in [6.07, 6.45) is 9.61. The SMILES string of the molecule is C[C@H](NCC[C@H]1CCCN1C)C1(N2CCOCC2)CCCC1. The lowest BCUT2D eigenvalue weighted by Gasteiger charge is -2.47. The molecule has 4 heteroatoms. The average molecular weight is 309 g/mol. The van der Waals surface area contributed by atoms with Crippen molar-refractivity contribution in [2.75, 3.05) is 46.4 Å². The minimum absolute atomic E-state index is 0.394. The van der Waals surface area contributed by atoms with E-state index >= 15 is 0 Å². The lowest BCUT2D eigenvalue weighted by Crippen LogP contribution is -2.61. The molecule has 3 rings (SSSR count). The van der Waals surface area contributed by atoms with Gasteiger partial charge in [0, 0.05) is 30.7 Å². The van der Waals surface area contributed by atoms with Crippen molar-refractivity contribution < 1.29 is 4.74 Å². The molecule has 3 fully saturated rings. The third-order valence-electron chi connectivity index (χ3n) is 6.52. The zero-order chi connectivity index (χ0) is 15.4. The fraction of sp³-hybridized carbons (Fsp3) is 1.00. The Morgan fingerprint density at radius 3 is 2.50 bits per heavy atom. The molecule has 0 radical (unpaired) electrons. The molecule has 0 aromatic carbocycles. The summed E-state index contributed by atoms with van der Waals surface area (Å²) in [4.78, 5) is 5.28. The first-order chi connectivity index (χ1) is 10.7. The quantitative estimate of drug-likeness (QED) is 0.813. The van der Waals surface area contributed by atoms with E-state index in [-0.39, 0.29) is 0 Å². The van der Waals surface area contributed by atoms with E-state index in [9.17, 15) is 0 Å². The molecule has 0 aromatic rings. The van der Waals surface area contributed by atoms with Gasteiger partial charge in [0.25, 0.3) is 0 Å². The van der Waals surface area contributed by atoms with Crippen LogP contribution in [0, 0.1) is 0 Å². The van der Waals surface area contributed by atoms with E-state index in [2.05, 4.69) is 29.1 Å². The molecule has 1 N–H and O–H groups in total. The van der Waals surface area contributed by atoms with E-state index in [0.717, 1.165) is 32.3 Å². The normalized spacial score (nSPS) is 31.6. The molecular formula is C18H35N3O. The van der Waals surface area contributed by atoms with E-state index in [0.29, 0.717) is 11.6 Å². The molecule has 0 spiro atoms. The van der Waals surface area contributed by atoms with Crippen LogP contribution in [-0.4, -0.2) is 73.9 Å². The molecule has 0 aromatic heterocycles. The number of hydrogen-bond acceptors (Lipinski definition) is 4. The summed E-state index contributed by atoms with van der Waals surface area (Å²) in [6.45, 7) is 8.97. The van der Waals surface area contributed by atoms with E-state index in [1.54, 1.807) is 0 Å². The maximum Gasteiger partial charge on any atom is 0.0594 e. The fourth-order valence-electron chi connectivity index (χ4n) is 5.02. The summed E-state index contributed by atoms with van der Waals surface area (Å²) in [5.74, 6) is 0. The first-order valence-electron chi connectivity index (χ1n) is 9.49. The third kappa shape index (κ3) is 3.50. The minimum Gasteiger partial charge on any atom is -0.379 e.